The van der Waals surface area contributed by atoms with E-state index in [-0.39, 0.29) is 12.0 Å². The number of rotatable bonds is 3. The van der Waals surface area contributed by atoms with Crippen molar-refractivity contribution in [2.24, 2.45) is 0 Å². The minimum atomic E-state index is -0.205. The highest BCUT2D eigenvalue weighted by atomic mass is 16.5. The molecule has 0 saturated carbocycles. The second-order valence-electron chi connectivity index (χ2n) is 8.27. The van der Waals surface area contributed by atoms with E-state index in [1.165, 1.54) is 0 Å². The van der Waals surface area contributed by atoms with Crippen LogP contribution in [0.5, 0.6) is 17.4 Å². The highest BCUT2D eigenvalue weighted by Crippen LogP contribution is 2.42. The van der Waals surface area contributed by atoms with E-state index >= 15 is 0 Å². The quantitative estimate of drug-likeness (QED) is 0.560. The first kappa shape index (κ1) is 19.3. The van der Waals surface area contributed by atoms with Crippen molar-refractivity contribution >= 4 is 0 Å². The van der Waals surface area contributed by atoms with Crippen LogP contribution in [0.25, 0.3) is 11.4 Å². The fraction of sp³-hybridized carbons (Fsp3) is 0.348. The molecule has 1 aliphatic rings. The Morgan fingerprint density at radius 2 is 1.97 bits per heavy atom. The third-order valence-corrected chi connectivity index (χ3v) is 5.13. The standard InChI is InChI=1S/C23H25N3O3/c1-13-19-17(15(12-27)11-24-13)10-18-20(23(2,3)4)25-21(26-22(18)29-19)14-7-6-8-16(9-14)28-5/h6-9,11,27H,10,12H2,1-5H3. The van der Waals surface area contributed by atoms with Gasteiger partial charge < -0.3 is 14.6 Å². The zero-order valence-corrected chi connectivity index (χ0v) is 17.4. The summed E-state index contributed by atoms with van der Waals surface area (Å²) in [5.74, 6) is 2.58. The summed E-state index contributed by atoms with van der Waals surface area (Å²) in [6, 6.07) is 7.70. The molecule has 0 bridgehead atoms. The van der Waals surface area contributed by atoms with Crippen LogP contribution in [0.1, 0.15) is 48.8 Å². The molecule has 0 saturated heterocycles. The van der Waals surface area contributed by atoms with Crippen LogP contribution in [0.4, 0.5) is 0 Å². The first-order valence-corrected chi connectivity index (χ1v) is 9.63. The van der Waals surface area contributed by atoms with Gasteiger partial charge in [0.15, 0.2) is 11.6 Å². The Kier molecular flexibility index (Phi) is 4.74. The average Bonchev–Trinajstić information content (AvgIpc) is 2.71. The van der Waals surface area contributed by atoms with E-state index in [0.717, 1.165) is 39.4 Å². The zero-order valence-electron chi connectivity index (χ0n) is 17.4. The molecule has 6 nitrogen and oxygen atoms in total. The van der Waals surface area contributed by atoms with E-state index in [2.05, 4.69) is 25.8 Å². The summed E-state index contributed by atoms with van der Waals surface area (Å²) in [6.45, 7) is 8.21. The predicted octanol–water partition coefficient (Wildman–Crippen LogP) is 4.34. The summed E-state index contributed by atoms with van der Waals surface area (Å²) >= 11 is 0. The molecule has 0 fully saturated rings. The Labute approximate surface area is 170 Å². The van der Waals surface area contributed by atoms with Crippen molar-refractivity contribution in [3.8, 4) is 28.8 Å². The molecule has 0 atom stereocenters. The van der Waals surface area contributed by atoms with Gasteiger partial charge in [0.25, 0.3) is 0 Å². The normalized spacial score (nSPS) is 12.8. The van der Waals surface area contributed by atoms with Crippen molar-refractivity contribution in [2.45, 2.75) is 46.1 Å². The average molecular weight is 391 g/mol. The molecule has 2 aromatic heterocycles. The van der Waals surface area contributed by atoms with Gasteiger partial charge in [-0.1, -0.05) is 32.9 Å². The molecule has 0 unspecified atom stereocenters. The van der Waals surface area contributed by atoms with Gasteiger partial charge in [0, 0.05) is 40.3 Å². The van der Waals surface area contributed by atoms with Crippen LogP contribution in [-0.4, -0.2) is 27.2 Å². The smallest absolute Gasteiger partial charge is 0.226 e. The maximum atomic E-state index is 9.77. The number of methoxy groups -OCH3 is 1. The predicted molar refractivity (Wildman–Crippen MR) is 110 cm³/mol. The van der Waals surface area contributed by atoms with Crippen LogP contribution in [-0.2, 0) is 18.4 Å². The van der Waals surface area contributed by atoms with E-state index in [1.54, 1.807) is 13.3 Å². The number of pyridine rings is 1. The van der Waals surface area contributed by atoms with E-state index in [4.69, 9.17) is 19.4 Å². The molecular formula is C23H25N3O3. The molecule has 1 N–H and O–H groups in total. The molecular weight excluding hydrogens is 366 g/mol. The molecule has 3 heterocycles. The molecule has 4 rings (SSSR count). The summed E-state index contributed by atoms with van der Waals surface area (Å²) < 4.78 is 11.6. The summed E-state index contributed by atoms with van der Waals surface area (Å²) in [5.41, 5.74) is 5.06. The van der Waals surface area contributed by atoms with Crippen LogP contribution in [0.15, 0.2) is 30.5 Å². The number of ether oxygens (including phenoxy) is 2. The number of aliphatic hydroxyl groups is 1. The Hall–Kier alpha value is -2.99. The van der Waals surface area contributed by atoms with Gasteiger partial charge in [-0.15, -0.1) is 0 Å². The number of hydrogen-bond acceptors (Lipinski definition) is 6. The molecule has 0 aliphatic carbocycles. The van der Waals surface area contributed by atoms with Crippen molar-refractivity contribution in [1.82, 2.24) is 15.0 Å². The SMILES string of the molecule is COc1cccc(-c2nc3c(c(C(C)(C)C)n2)Cc2c(CO)cnc(C)c2O3)c1. The van der Waals surface area contributed by atoms with Gasteiger partial charge in [-0.05, 0) is 19.1 Å². The van der Waals surface area contributed by atoms with Gasteiger partial charge in [0.1, 0.15) is 5.75 Å². The van der Waals surface area contributed by atoms with Crippen molar-refractivity contribution in [1.29, 1.82) is 0 Å². The molecule has 1 aliphatic heterocycles. The van der Waals surface area contributed by atoms with E-state index < -0.39 is 0 Å². The third kappa shape index (κ3) is 3.44. The molecule has 0 amide bonds. The molecule has 150 valence electrons. The van der Waals surface area contributed by atoms with E-state index in [0.29, 0.717) is 23.9 Å². The lowest BCUT2D eigenvalue weighted by Crippen LogP contribution is -2.22. The molecule has 0 radical (unpaired) electrons. The molecule has 29 heavy (non-hydrogen) atoms. The maximum absolute atomic E-state index is 9.77. The van der Waals surface area contributed by atoms with Crippen LogP contribution in [0.2, 0.25) is 0 Å². The highest BCUT2D eigenvalue weighted by Gasteiger charge is 2.31. The third-order valence-electron chi connectivity index (χ3n) is 5.13. The number of benzene rings is 1. The summed E-state index contributed by atoms with van der Waals surface area (Å²) in [5, 5.41) is 9.77. The Bertz CT molecular complexity index is 1090. The van der Waals surface area contributed by atoms with Gasteiger partial charge in [-0.25, -0.2) is 4.98 Å². The summed E-state index contributed by atoms with van der Waals surface area (Å²) in [6.07, 6.45) is 2.32. The van der Waals surface area contributed by atoms with Crippen molar-refractivity contribution in [3.05, 3.63) is 58.5 Å². The number of hydrogen-bond donors (Lipinski definition) is 1. The van der Waals surface area contributed by atoms with Crippen molar-refractivity contribution < 1.29 is 14.6 Å². The Morgan fingerprint density at radius 3 is 2.66 bits per heavy atom. The number of aryl methyl sites for hydroxylation is 1. The van der Waals surface area contributed by atoms with Gasteiger partial charge >= 0.3 is 0 Å². The molecule has 6 heteroatoms. The number of aliphatic hydroxyl groups excluding tert-OH is 1. The highest BCUT2D eigenvalue weighted by molar-refractivity contribution is 5.61. The van der Waals surface area contributed by atoms with Crippen LogP contribution in [0.3, 0.4) is 0 Å². The lowest BCUT2D eigenvalue weighted by molar-refractivity contribution is 0.278. The van der Waals surface area contributed by atoms with Crippen LogP contribution in [0, 0.1) is 6.92 Å². The minimum Gasteiger partial charge on any atom is -0.497 e. The molecule has 1 aromatic carbocycles. The second kappa shape index (κ2) is 7.12. The first-order valence-electron chi connectivity index (χ1n) is 9.63. The second-order valence-corrected chi connectivity index (χ2v) is 8.27. The maximum Gasteiger partial charge on any atom is 0.226 e. The lowest BCUT2D eigenvalue weighted by Gasteiger charge is -2.28. The minimum absolute atomic E-state index is 0.0814. The van der Waals surface area contributed by atoms with Gasteiger partial charge in [0.2, 0.25) is 5.88 Å². The van der Waals surface area contributed by atoms with Crippen molar-refractivity contribution in [3.63, 3.8) is 0 Å². The number of nitrogens with zero attached hydrogens (tertiary/aromatic N) is 3. The Balaban J connectivity index is 1.91. The largest absolute Gasteiger partial charge is 0.497 e. The Morgan fingerprint density at radius 1 is 1.17 bits per heavy atom. The van der Waals surface area contributed by atoms with Gasteiger partial charge in [-0.3, -0.25) is 4.98 Å². The van der Waals surface area contributed by atoms with Gasteiger partial charge in [0.05, 0.1) is 25.1 Å². The summed E-state index contributed by atoms with van der Waals surface area (Å²) in [4.78, 5) is 14.0. The number of aromatic nitrogens is 3. The van der Waals surface area contributed by atoms with E-state index in [9.17, 15) is 5.11 Å². The monoisotopic (exact) mass is 391 g/mol. The number of fused-ring (bicyclic) bond motifs is 2. The van der Waals surface area contributed by atoms with Crippen LogP contribution < -0.4 is 9.47 Å². The van der Waals surface area contributed by atoms with E-state index in [1.807, 2.05) is 31.2 Å². The first-order chi connectivity index (χ1) is 13.8. The fourth-order valence-corrected chi connectivity index (χ4v) is 3.63. The van der Waals surface area contributed by atoms with Gasteiger partial charge in [-0.2, -0.15) is 4.98 Å². The van der Waals surface area contributed by atoms with Crippen molar-refractivity contribution in [2.75, 3.05) is 7.11 Å². The fourth-order valence-electron chi connectivity index (χ4n) is 3.63. The van der Waals surface area contributed by atoms with Crippen LogP contribution >= 0.6 is 0 Å². The zero-order chi connectivity index (χ0) is 20.8. The summed E-state index contributed by atoms with van der Waals surface area (Å²) in [7, 11) is 1.64. The lowest BCUT2D eigenvalue weighted by atomic mass is 9.85. The topological polar surface area (TPSA) is 77.4 Å². The molecule has 3 aromatic rings. The molecule has 0 spiro atoms.